The lowest BCUT2D eigenvalue weighted by molar-refractivity contribution is 0.660. The number of para-hydroxylation sites is 2. The van der Waals surface area contributed by atoms with Crippen molar-refractivity contribution in [2.24, 2.45) is 0 Å². The van der Waals surface area contributed by atoms with E-state index < -0.39 is 0 Å². The van der Waals surface area contributed by atoms with Crippen LogP contribution in [0.3, 0.4) is 0 Å². The maximum atomic E-state index is 5.29. The van der Waals surface area contributed by atoms with E-state index in [1.165, 1.54) is 44.5 Å². The highest BCUT2D eigenvalue weighted by molar-refractivity contribution is 5.98. The number of fused-ring (bicyclic) bond motifs is 5. The third-order valence-corrected chi connectivity index (χ3v) is 11.0. The lowest BCUT2D eigenvalue weighted by Gasteiger charge is -2.21. The molecule has 53 heavy (non-hydrogen) atoms. The van der Waals surface area contributed by atoms with E-state index in [0.29, 0.717) is 0 Å². The summed E-state index contributed by atoms with van der Waals surface area (Å²) in [6.07, 6.45) is 3.77. The Labute approximate surface area is 309 Å². The highest BCUT2D eigenvalue weighted by atomic mass is 14.7. The van der Waals surface area contributed by atoms with Crippen LogP contribution in [0, 0.1) is 0 Å². The molecule has 0 fully saturated rings. The second-order valence-corrected chi connectivity index (χ2v) is 14.4. The molecule has 0 bridgehead atoms. The number of pyridine rings is 3. The molecule has 0 amide bonds. The van der Waals surface area contributed by atoms with Crippen molar-refractivity contribution in [1.29, 1.82) is 0 Å². The zero-order chi connectivity index (χ0) is 35.5. The lowest BCUT2D eigenvalue weighted by Crippen LogP contribution is -2.14. The van der Waals surface area contributed by atoms with Crippen molar-refractivity contribution in [2.45, 2.75) is 19.3 Å². The van der Waals surface area contributed by atoms with Crippen LogP contribution < -0.4 is 0 Å². The maximum Gasteiger partial charge on any atom is 0.0723 e. The van der Waals surface area contributed by atoms with Gasteiger partial charge in [0.2, 0.25) is 0 Å². The van der Waals surface area contributed by atoms with Gasteiger partial charge in [-0.2, -0.15) is 0 Å². The molecule has 1 aliphatic carbocycles. The van der Waals surface area contributed by atoms with Crippen molar-refractivity contribution < 1.29 is 0 Å². The van der Waals surface area contributed by atoms with Crippen molar-refractivity contribution in [2.75, 3.05) is 0 Å². The Bertz CT molecular complexity index is 2740. The molecular weight excluding hydrogens is 643 g/mol. The van der Waals surface area contributed by atoms with E-state index in [4.69, 9.17) is 4.98 Å². The molecule has 3 aromatic heterocycles. The molecule has 9 aromatic rings. The number of hydrogen-bond donors (Lipinski definition) is 0. The summed E-state index contributed by atoms with van der Waals surface area (Å²) in [5.74, 6) is 0. The van der Waals surface area contributed by atoms with Crippen LogP contribution in [0.5, 0.6) is 0 Å². The standard InChI is InChI=1S/C50H35N3/c1-50(2)43-14-6-3-12-42(43)49-38(13-9-15-44(49)50)34-22-18-32(19-23-34)33-20-24-35(25-21-33)47-30-36(37-26-28-51-45-16-7-4-10-39(37)45)31-48(53-47)41-27-29-52-46-17-8-5-11-40(41)46/h3-31H,1-2H3. The molecule has 0 aliphatic heterocycles. The second-order valence-electron chi connectivity index (χ2n) is 14.4. The number of rotatable bonds is 5. The first-order valence-electron chi connectivity index (χ1n) is 18.2. The van der Waals surface area contributed by atoms with Gasteiger partial charge in [-0.3, -0.25) is 9.97 Å². The summed E-state index contributed by atoms with van der Waals surface area (Å²) in [6, 6.07) is 58.6. The van der Waals surface area contributed by atoms with Gasteiger partial charge in [-0.05, 0) is 92.0 Å². The van der Waals surface area contributed by atoms with Gasteiger partial charge in [-0.25, -0.2) is 4.98 Å². The van der Waals surface area contributed by atoms with Crippen LogP contribution in [0.1, 0.15) is 25.0 Å². The molecular formula is C50H35N3. The summed E-state index contributed by atoms with van der Waals surface area (Å²) >= 11 is 0. The van der Waals surface area contributed by atoms with Crippen LogP contribution in [0.15, 0.2) is 176 Å². The van der Waals surface area contributed by atoms with Crippen molar-refractivity contribution in [3.63, 3.8) is 0 Å². The maximum absolute atomic E-state index is 5.29. The van der Waals surface area contributed by atoms with Gasteiger partial charge < -0.3 is 0 Å². The van der Waals surface area contributed by atoms with Crippen LogP contribution in [0.4, 0.5) is 0 Å². The summed E-state index contributed by atoms with van der Waals surface area (Å²) in [5, 5.41) is 2.20. The molecule has 0 spiro atoms. The molecule has 3 heterocycles. The number of aromatic nitrogens is 3. The van der Waals surface area contributed by atoms with Gasteiger partial charge in [0, 0.05) is 39.7 Å². The molecule has 0 saturated heterocycles. The molecule has 3 heteroatoms. The number of benzene rings is 6. The first kappa shape index (κ1) is 31.1. The van der Waals surface area contributed by atoms with Crippen LogP contribution >= 0.6 is 0 Å². The third-order valence-electron chi connectivity index (χ3n) is 11.0. The average molecular weight is 678 g/mol. The Morgan fingerprint density at radius 3 is 1.62 bits per heavy atom. The van der Waals surface area contributed by atoms with Crippen molar-refractivity contribution in [3.8, 4) is 67.0 Å². The Morgan fingerprint density at radius 2 is 0.906 bits per heavy atom. The summed E-state index contributed by atoms with van der Waals surface area (Å²) < 4.78 is 0. The van der Waals surface area contributed by atoms with Gasteiger partial charge in [0.1, 0.15) is 0 Å². The lowest BCUT2D eigenvalue weighted by atomic mass is 9.82. The zero-order valence-electron chi connectivity index (χ0n) is 29.6. The van der Waals surface area contributed by atoms with E-state index in [-0.39, 0.29) is 5.41 Å². The van der Waals surface area contributed by atoms with Gasteiger partial charge in [-0.1, -0.05) is 141 Å². The van der Waals surface area contributed by atoms with Crippen molar-refractivity contribution >= 4 is 21.8 Å². The second kappa shape index (κ2) is 12.2. The molecule has 6 aromatic carbocycles. The van der Waals surface area contributed by atoms with Gasteiger partial charge in [0.15, 0.2) is 0 Å². The molecule has 250 valence electrons. The molecule has 10 rings (SSSR count). The quantitative estimate of drug-likeness (QED) is 0.182. The predicted molar refractivity (Wildman–Crippen MR) is 220 cm³/mol. The van der Waals surface area contributed by atoms with Crippen molar-refractivity contribution in [1.82, 2.24) is 15.0 Å². The monoisotopic (exact) mass is 677 g/mol. The van der Waals surface area contributed by atoms with Gasteiger partial charge in [0.05, 0.1) is 22.4 Å². The fraction of sp³-hybridized carbons (Fsp3) is 0.0600. The molecule has 1 aliphatic rings. The molecule has 0 unspecified atom stereocenters. The van der Waals surface area contributed by atoms with Crippen LogP contribution in [0.2, 0.25) is 0 Å². The van der Waals surface area contributed by atoms with Gasteiger partial charge in [-0.15, -0.1) is 0 Å². The minimum absolute atomic E-state index is 0.0169. The fourth-order valence-electron chi connectivity index (χ4n) is 8.31. The molecule has 0 saturated carbocycles. The minimum atomic E-state index is -0.0169. The molecule has 0 atom stereocenters. The number of nitrogens with zero attached hydrogens (tertiary/aromatic N) is 3. The van der Waals surface area contributed by atoms with E-state index in [0.717, 1.165) is 55.4 Å². The molecule has 0 radical (unpaired) electrons. The Hall–Kier alpha value is -6.71. The Balaban J connectivity index is 1.03. The Morgan fingerprint density at radius 1 is 0.377 bits per heavy atom. The molecule has 3 nitrogen and oxygen atoms in total. The molecule has 0 N–H and O–H groups in total. The van der Waals surface area contributed by atoms with E-state index >= 15 is 0 Å². The first-order valence-corrected chi connectivity index (χ1v) is 18.2. The van der Waals surface area contributed by atoms with E-state index in [1.807, 2.05) is 24.5 Å². The highest BCUT2D eigenvalue weighted by Gasteiger charge is 2.36. The largest absolute Gasteiger partial charge is 0.256 e. The van der Waals surface area contributed by atoms with E-state index in [1.54, 1.807) is 0 Å². The zero-order valence-corrected chi connectivity index (χ0v) is 29.6. The third kappa shape index (κ3) is 5.16. The predicted octanol–water partition coefficient (Wildman–Crippen LogP) is 12.8. The highest BCUT2D eigenvalue weighted by Crippen LogP contribution is 2.52. The number of hydrogen-bond acceptors (Lipinski definition) is 3. The summed E-state index contributed by atoms with van der Waals surface area (Å²) in [7, 11) is 0. The smallest absolute Gasteiger partial charge is 0.0723 e. The normalized spacial score (nSPS) is 12.9. The van der Waals surface area contributed by atoms with Gasteiger partial charge >= 0.3 is 0 Å². The van der Waals surface area contributed by atoms with Gasteiger partial charge in [0.25, 0.3) is 0 Å². The van der Waals surface area contributed by atoms with Crippen LogP contribution in [0.25, 0.3) is 88.8 Å². The fourth-order valence-corrected chi connectivity index (χ4v) is 8.31. The summed E-state index contributed by atoms with van der Waals surface area (Å²) in [5.41, 5.74) is 18.5. The van der Waals surface area contributed by atoms with E-state index in [9.17, 15) is 0 Å². The summed E-state index contributed by atoms with van der Waals surface area (Å²) in [6.45, 7) is 4.67. The minimum Gasteiger partial charge on any atom is -0.256 e. The Kier molecular flexibility index (Phi) is 7.16. The first-order chi connectivity index (χ1) is 26.0. The SMILES string of the molecule is CC1(C)c2ccccc2-c2c(-c3ccc(-c4ccc(-c5cc(-c6ccnc7ccccc67)cc(-c6ccnc7ccccc67)n5)cc4)cc3)cccc21. The average Bonchev–Trinajstić information content (AvgIpc) is 3.46. The van der Waals surface area contributed by atoms with Crippen LogP contribution in [-0.2, 0) is 5.41 Å². The summed E-state index contributed by atoms with van der Waals surface area (Å²) in [4.78, 5) is 14.5. The van der Waals surface area contributed by atoms with E-state index in [2.05, 4.69) is 175 Å². The topological polar surface area (TPSA) is 38.7 Å². The van der Waals surface area contributed by atoms with Crippen molar-refractivity contribution in [3.05, 3.63) is 187 Å². The van der Waals surface area contributed by atoms with Crippen LogP contribution in [-0.4, -0.2) is 15.0 Å².